The van der Waals surface area contributed by atoms with E-state index >= 15 is 0 Å². The number of aromatic amines is 1. The molecule has 0 atom stereocenters. The van der Waals surface area contributed by atoms with E-state index in [-0.39, 0.29) is 0 Å². The summed E-state index contributed by atoms with van der Waals surface area (Å²) in [6.45, 7) is 1.98. The maximum Gasteiger partial charge on any atom is 0.0896 e. The lowest BCUT2D eigenvalue weighted by Gasteiger charge is -2.00. The van der Waals surface area contributed by atoms with Crippen molar-refractivity contribution >= 4 is 11.0 Å². The van der Waals surface area contributed by atoms with E-state index in [2.05, 4.69) is 20.2 Å². The molecule has 0 spiro atoms. The number of aryl methyl sites for hydroxylation is 1. The van der Waals surface area contributed by atoms with E-state index < -0.39 is 0 Å². The molecule has 0 aliphatic carbocycles. The highest BCUT2D eigenvalue weighted by atomic mass is 15.1. The standard InChI is InChI=1S/C12H10N4/c1-8-2-3-11-12(16-8)4-9(5-13-11)10-6-14-15-7-10/h2-7H,1H3,(H,14,15). The van der Waals surface area contributed by atoms with Gasteiger partial charge in [0.05, 0.1) is 17.2 Å². The van der Waals surface area contributed by atoms with Crippen LogP contribution in [0.3, 0.4) is 0 Å². The molecule has 0 fully saturated rings. The van der Waals surface area contributed by atoms with Crippen molar-refractivity contribution in [3.63, 3.8) is 0 Å². The summed E-state index contributed by atoms with van der Waals surface area (Å²) >= 11 is 0. The van der Waals surface area contributed by atoms with Crippen molar-refractivity contribution in [3.05, 3.63) is 42.5 Å². The number of rotatable bonds is 1. The van der Waals surface area contributed by atoms with Gasteiger partial charge >= 0.3 is 0 Å². The molecular weight excluding hydrogens is 200 g/mol. The van der Waals surface area contributed by atoms with Crippen LogP contribution < -0.4 is 0 Å². The number of pyridine rings is 2. The molecule has 3 heterocycles. The first kappa shape index (κ1) is 9.03. The van der Waals surface area contributed by atoms with E-state index in [1.807, 2.05) is 37.5 Å². The third-order valence-electron chi connectivity index (χ3n) is 2.51. The van der Waals surface area contributed by atoms with Crippen molar-refractivity contribution in [2.45, 2.75) is 6.92 Å². The highest BCUT2D eigenvalue weighted by Gasteiger charge is 2.02. The van der Waals surface area contributed by atoms with Crippen LogP contribution in [-0.2, 0) is 0 Å². The van der Waals surface area contributed by atoms with Crippen LogP contribution in [0.2, 0.25) is 0 Å². The van der Waals surface area contributed by atoms with Crippen LogP contribution in [0.15, 0.2) is 36.8 Å². The summed E-state index contributed by atoms with van der Waals surface area (Å²) in [6, 6.07) is 5.98. The van der Waals surface area contributed by atoms with E-state index in [1.54, 1.807) is 6.20 Å². The van der Waals surface area contributed by atoms with E-state index in [4.69, 9.17) is 0 Å². The van der Waals surface area contributed by atoms with Crippen LogP contribution in [0.5, 0.6) is 0 Å². The van der Waals surface area contributed by atoms with Gasteiger partial charge in [-0.1, -0.05) is 0 Å². The number of H-pyrrole nitrogens is 1. The summed E-state index contributed by atoms with van der Waals surface area (Å²) < 4.78 is 0. The molecule has 3 aromatic rings. The number of hydrogen-bond donors (Lipinski definition) is 1. The molecule has 1 N–H and O–H groups in total. The Morgan fingerprint density at radius 3 is 2.81 bits per heavy atom. The van der Waals surface area contributed by atoms with E-state index in [0.717, 1.165) is 27.9 Å². The minimum absolute atomic E-state index is 0.915. The summed E-state index contributed by atoms with van der Waals surface area (Å²) in [5.74, 6) is 0. The molecule has 4 nitrogen and oxygen atoms in total. The zero-order valence-electron chi connectivity index (χ0n) is 8.81. The van der Waals surface area contributed by atoms with Gasteiger partial charge in [-0.25, -0.2) is 0 Å². The molecule has 4 heteroatoms. The fraction of sp³-hybridized carbons (Fsp3) is 0.0833. The summed E-state index contributed by atoms with van der Waals surface area (Å²) in [4.78, 5) is 8.83. The van der Waals surface area contributed by atoms with Gasteiger partial charge < -0.3 is 0 Å². The second-order valence-electron chi connectivity index (χ2n) is 3.70. The first-order valence-electron chi connectivity index (χ1n) is 5.05. The van der Waals surface area contributed by atoms with Crippen molar-refractivity contribution in [1.29, 1.82) is 0 Å². The molecule has 0 aliphatic heterocycles. The monoisotopic (exact) mass is 210 g/mol. The average molecular weight is 210 g/mol. The summed E-state index contributed by atoms with van der Waals surface area (Å²) in [5, 5.41) is 6.71. The van der Waals surface area contributed by atoms with Gasteiger partial charge in [-0.2, -0.15) is 5.10 Å². The van der Waals surface area contributed by atoms with Gasteiger partial charge in [0.15, 0.2) is 0 Å². The molecule has 0 saturated carbocycles. The molecule has 3 rings (SSSR count). The van der Waals surface area contributed by atoms with Crippen molar-refractivity contribution in [2.24, 2.45) is 0 Å². The molecule has 0 aliphatic rings. The molecule has 0 aromatic carbocycles. The minimum Gasteiger partial charge on any atom is -0.285 e. The van der Waals surface area contributed by atoms with Gasteiger partial charge in [-0.15, -0.1) is 0 Å². The minimum atomic E-state index is 0.915. The first-order chi connectivity index (χ1) is 7.83. The third kappa shape index (κ3) is 1.44. The second-order valence-corrected chi connectivity index (χ2v) is 3.70. The average Bonchev–Trinajstić information content (AvgIpc) is 2.81. The van der Waals surface area contributed by atoms with Crippen molar-refractivity contribution in [3.8, 4) is 11.1 Å². The largest absolute Gasteiger partial charge is 0.285 e. The topological polar surface area (TPSA) is 54.5 Å². The van der Waals surface area contributed by atoms with Gasteiger partial charge in [0.1, 0.15) is 0 Å². The Labute approximate surface area is 92.4 Å². The zero-order chi connectivity index (χ0) is 11.0. The molecule has 0 radical (unpaired) electrons. The lowest BCUT2D eigenvalue weighted by atomic mass is 10.1. The quantitative estimate of drug-likeness (QED) is 0.670. The maximum absolute atomic E-state index is 4.45. The number of fused-ring (bicyclic) bond motifs is 1. The smallest absolute Gasteiger partial charge is 0.0896 e. The van der Waals surface area contributed by atoms with Crippen LogP contribution in [-0.4, -0.2) is 20.2 Å². The zero-order valence-corrected chi connectivity index (χ0v) is 8.81. The summed E-state index contributed by atoms with van der Waals surface area (Å²) in [6.07, 6.45) is 5.46. The number of nitrogens with one attached hydrogen (secondary N) is 1. The molecule has 16 heavy (non-hydrogen) atoms. The van der Waals surface area contributed by atoms with Gasteiger partial charge in [-0.05, 0) is 25.1 Å². The molecular formula is C12H10N4. The fourth-order valence-electron chi connectivity index (χ4n) is 1.68. The van der Waals surface area contributed by atoms with Gasteiger partial charge in [0.2, 0.25) is 0 Å². The van der Waals surface area contributed by atoms with E-state index in [0.29, 0.717) is 0 Å². The van der Waals surface area contributed by atoms with Crippen molar-refractivity contribution in [2.75, 3.05) is 0 Å². The van der Waals surface area contributed by atoms with Crippen LogP contribution >= 0.6 is 0 Å². The second kappa shape index (κ2) is 3.41. The van der Waals surface area contributed by atoms with Crippen LogP contribution in [0, 0.1) is 6.92 Å². The van der Waals surface area contributed by atoms with Crippen molar-refractivity contribution in [1.82, 2.24) is 20.2 Å². The molecule has 3 aromatic heterocycles. The molecule has 0 amide bonds. The third-order valence-corrected chi connectivity index (χ3v) is 2.51. The summed E-state index contributed by atoms with van der Waals surface area (Å²) in [5.41, 5.74) is 4.88. The predicted molar refractivity (Wildman–Crippen MR) is 61.9 cm³/mol. The number of hydrogen-bond acceptors (Lipinski definition) is 3. The Hall–Kier alpha value is -2.23. The number of aromatic nitrogens is 4. The Balaban J connectivity index is 2.22. The normalized spacial score (nSPS) is 10.8. The molecule has 78 valence electrons. The van der Waals surface area contributed by atoms with Gasteiger partial charge in [-0.3, -0.25) is 15.1 Å². The van der Waals surface area contributed by atoms with Crippen LogP contribution in [0.1, 0.15) is 5.69 Å². The first-order valence-corrected chi connectivity index (χ1v) is 5.05. The Morgan fingerprint density at radius 2 is 2.00 bits per heavy atom. The van der Waals surface area contributed by atoms with Gasteiger partial charge in [0, 0.05) is 29.2 Å². The molecule has 0 saturated heterocycles. The Morgan fingerprint density at radius 1 is 1.06 bits per heavy atom. The fourth-order valence-corrected chi connectivity index (χ4v) is 1.68. The van der Waals surface area contributed by atoms with Gasteiger partial charge in [0.25, 0.3) is 0 Å². The Bertz CT molecular complexity index is 629. The molecule has 0 unspecified atom stereocenters. The van der Waals surface area contributed by atoms with E-state index in [1.165, 1.54) is 0 Å². The highest BCUT2D eigenvalue weighted by molar-refractivity contribution is 5.79. The van der Waals surface area contributed by atoms with E-state index in [9.17, 15) is 0 Å². The lowest BCUT2D eigenvalue weighted by molar-refractivity contribution is 1.09. The molecule has 0 bridgehead atoms. The van der Waals surface area contributed by atoms with Crippen LogP contribution in [0.25, 0.3) is 22.2 Å². The maximum atomic E-state index is 4.45. The SMILES string of the molecule is Cc1ccc2ncc(-c3cn[nH]c3)cc2n1. The van der Waals surface area contributed by atoms with Crippen LogP contribution in [0.4, 0.5) is 0 Å². The predicted octanol–water partition coefficient (Wildman–Crippen LogP) is 2.33. The lowest BCUT2D eigenvalue weighted by Crippen LogP contribution is -1.87. The highest BCUT2D eigenvalue weighted by Crippen LogP contribution is 2.20. The number of nitrogens with zero attached hydrogens (tertiary/aromatic N) is 3. The Kier molecular flexibility index (Phi) is 1.93. The summed E-state index contributed by atoms with van der Waals surface area (Å²) in [7, 11) is 0. The van der Waals surface area contributed by atoms with Crippen molar-refractivity contribution < 1.29 is 0 Å².